The number of hydrogen-bond donors (Lipinski definition) is 1. The summed E-state index contributed by atoms with van der Waals surface area (Å²) < 4.78 is 7.59. The molecule has 1 heterocycles. The molecule has 112 valence electrons. The molecule has 2 aromatic rings. The summed E-state index contributed by atoms with van der Waals surface area (Å²) in [4.78, 5) is 15.3. The number of rotatable bonds is 7. The lowest BCUT2D eigenvalue weighted by molar-refractivity contribution is -0.137. The highest BCUT2D eigenvalue weighted by atomic mass is 16.5. The van der Waals surface area contributed by atoms with E-state index in [-0.39, 0.29) is 6.42 Å². The zero-order valence-corrected chi connectivity index (χ0v) is 12.2. The van der Waals surface area contributed by atoms with E-state index >= 15 is 0 Å². The molecule has 3 rings (SSSR count). The summed E-state index contributed by atoms with van der Waals surface area (Å²) in [7, 11) is 1.66. The molecule has 1 saturated carbocycles. The fourth-order valence-corrected chi connectivity index (χ4v) is 2.73. The van der Waals surface area contributed by atoms with Gasteiger partial charge in [-0.15, -0.1) is 0 Å². The van der Waals surface area contributed by atoms with Crippen molar-refractivity contribution in [1.29, 1.82) is 0 Å². The Balaban J connectivity index is 1.82. The van der Waals surface area contributed by atoms with Gasteiger partial charge in [-0.25, -0.2) is 4.98 Å². The highest BCUT2D eigenvalue weighted by Crippen LogP contribution is 2.39. The lowest BCUT2D eigenvalue weighted by Crippen LogP contribution is -2.02. The molecule has 1 N–H and O–H groups in total. The van der Waals surface area contributed by atoms with E-state index in [0.717, 1.165) is 35.4 Å². The molecular weight excluding hydrogens is 268 g/mol. The fraction of sp³-hybridized carbons (Fsp3) is 0.500. The lowest BCUT2D eigenvalue weighted by Gasteiger charge is -2.07. The quantitative estimate of drug-likeness (QED) is 0.795. The van der Waals surface area contributed by atoms with Crippen LogP contribution in [0.25, 0.3) is 11.0 Å². The number of imidazole rings is 1. The minimum absolute atomic E-state index is 0.234. The molecule has 0 atom stereocenters. The Kier molecular flexibility index (Phi) is 3.82. The van der Waals surface area contributed by atoms with Crippen LogP contribution in [0, 0.1) is 0 Å². The van der Waals surface area contributed by atoms with Crippen molar-refractivity contribution in [2.45, 2.75) is 44.6 Å². The Bertz CT molecular complexity index is 659. The molecule has 1 aliphatic carbocycles. The van der Waals surface area contributed by atoms with Gasteiger partial charge in [-0.05, 0) is 37.8 Å². The van der Waals surface area contributed by atoms with Gasteiger partial charge in [0.15, 0.2) is 0 Å². The Hall–Kier alpha value is -2.04. The first-order valence-corrected chi connectivity index (χ1v) is 7.45. The van der Waals surface area contributed by atoms with Gasteiger partial charge in [0, 0.05) is 24.9 Å². The van der Waals surface area contributed by atoms with Crippen molar-refractivity contribution in [3.8, 4) is 5.75 Å². The van der Waals surface area contributed by atoms with Crippen LogP contribution in [-0.4, -0.2) is 27.7 Å². The largest absolute Gasteiger partial charge is 0.497 e. The molecule has 0 aliphatic heterocycles. The first-order chi connectivity index (χ1) is 10.2. The van der Waals surface area contributed by atoms with E-state index in [1.165, 1.54) is 12.8 Å². The van der Waals surface area contributed by atoms with Crippen LogP contribution >= 0.6 is 0 Å². The maximum absolute atomic E-state index is 10.6. The summed E-state index contributed by atoms with van der Waals surface area (Å²) in [5.74, 6) is 1.17. The Morgan fingerprint density at radius 2 is 2.24 bits per heavy atom. The molecule has 0 bridgehead atoms. The third-order valence-corrected chi connectivity index (χ3v) is 3.92. The number of aryl methyl sites for hydroxylation is 1. The fourth-order valence-electron chi connectivity index (χ4n) is 2.73. The molecule has 1 aromatic heterocycles. The zero-order chi connectivity index (χ0) is 14.8. The second-order valence-corrected chi connectivity index (χ2v) is 5.58. The van der Waals surface area contributed by atoms with Gasteiger partial charge < -0.3 is 14.4 Å². The van der Waals surface area contributed by atoms with Crippen molar-refractivity contribution < 1.29 is 14.6 Å². The van der Waals surface area contributed by atoms with E-state index < -0.39 is 5.97 Å². The van der Waals surface area contributed by atoms with Gasteiger partial charge in [0.2, 0.25) is 0 Å². The summed E-state index contributed by atoms with van der Waals surface area (Å²) >= 11 is 0. The Morgan fingerprint density at radius 1 is 1.43 bits per heavy atom. The minimum atomic E-state index is -0.726. The average molecular weight is 288 g/mol. The topological polar surface area (TPSA) is 64.3 Å². The monoisotopic (exact) mass is 288 g/mol. The second kappa shape index (κ2) is 5.76. The maximum Gasteiger partial charge on any atom is 0.303 e. The van der Waals surface area contributed by atoms with Crippen LogP contribution in [0.1, 0.15) is 44.0 Å². The molecule has 0 saturated heterocycles. The summed E-state index contributed by atoms with van der Waals surface area (Å²) in [5.41, 5.74) is 2.13. The van der Waals surface area contributed by atoms with Gasteiger partial charge >= 0.3 is 5.97 Å². The Labute approximate surface area is 123 Å². The molecule has 21 heavy (non-hydrogen) atoms. The molecular formula is C16H20N2O3. The third-order valence-electron chi connectivity index (χ3n) is 3.92. The van der Waals surface area contributed by atoms with Crippen LogP contribution in [0.2, 0.25) is 0 Å². The lowest BCUT2D eigenvalue weighted by atomic mass is 10.2. The number of aliphatic carboxylic acids is 1. The van der Waals surface area contributed by atoms with Gasteiger partial charge in [-0.1, -0.05) is 0 Å². The first kappa shape index (κ1) is 13.9. The van der Waals surface area contributed by atoms with Crippen LogP contribution in [0.15, 0.2) is 18.2 Å². The summed E-state index contributed by atoms with van der Waals surface area (Å²) in [6.07, 6.45) is 5.05. The molecule has 0 radical (unpaired) electrons. The normalized spacial score (nSPS) is 14.5. The molecule has 1 fully saturated rings. The summed E-state index contributed by atoms with van der Waals surface area (Å²) in [6.45, 7) is 0. The van der Waals surface area contributed by atoms with Crippen molar-refractivity contribution in [2.24, 2.45) is 0 Å². The number of benzene rings is 1. The van der Waals surface area contributed by atoms with Crippen LogP contribution < -0.4 is 4.74 Å². The molecule has 0 amide bonds. The number of unbranched alkanes of at least 4 members (excludes halogenated alkanes) is 1. The van der Waals surface area contributed by atoms with Crippen molar-refractivity contribution in [2.75, 3.05) is 7.11 Å². The summed E-state index contributed by atoms with van der Waals surface area (Å²) in [5, 5.41) is 8.70. The second-order valence-electron chi connectivity index (χ2n) is 5.58. The van der Waals surface area contributed by atoms with Crippen molar-refractivity contribution >= 4 is 17.0 Å². The van der Waals surface area contributed by atoms with Gasteiger partial charge in [0.25, 0.3) is 0 Å². The highest BCUT2D eigenvalue weighted by molar-refractivity contribution is 5.78. The maximum atomic E-state index is 10.6. The van der Waals surface area contributed by atoms with Gasteiger partial charge in [0.05, 0.1) is 18.1 Å². The molecule has 1 aromatic carbocycles. The number of carbonyl (C=O) groups is 1. The predicted octanol–water partition coefficient (Wildman–Crippen LogP) is 3.18. The van der Waals surface area contributed by atoms with Gasteiger partial charge in [-0.3, -0.25) is 4.79 Å². The number of carboxylic acid groups (broad SMARTS) is 1. The van der Waals surface area contributed by atoms with Crippen LogP contribution in [0.3, 0.4) is 0 Å². The van der Waals surface area contributed by atoms with Crippen molar-refractivity contribution in [1.82, 2.24) is 9.55 Å². The number of carboxylic acids is 1. The molecule has 1 aliphatic rings. The van der Waals surface area contributed by atoms with E-state index in [0.29, 0.717) is 12.5 Å². The molecule has 5 heteroatoms. The van der Waals surface area contributed by atoms with Crippen LogP contribution in [0.5, 0.6) is 5.75 Å². The third kappa shape index (κ3) is 3.01. The number of methoxy groups -OCH3 is 1. The van der Waals surface area contributed by atoms with E-state index in [1.807, 2.05) is 12.1 Å². The van der Waals surface area contributed by atoms with Crippen molar-refractivity contribution in [3.05, 3.63) is 24.0 Å². The van der Waals surface area contributed by atoms with Gasteiger partial charge in [0.1, 0.15) is 11.6 Å². The van der Waals surface area contributed by atoms with Crippen molar-refractivity contribution in [3.63, 3.8) is 0 Å². The minimum Gasteiger partial charge on any atom is -0.497 e. The molecule has 5 nitrogen and oxygen atoms in total. The van der Waals surface area contributed by atoms with E-state index in [2.05, 4.69) is 10.6 Å². The van der Waals surface area contributed by atoms with Crippen LogP contribution in [-0.2, 0) is 11.2 Å². The summed E-state index contributed by atoms with van der Waals surface area (Å²) in [6, 6.07) is 6.57. The number of fused-ring (bicyclic) bond motifs is 1. The zero-order valence-electron chi connectivity index (χ0n) is 12.2. The SMILES string of the molecule is COc1ccc2c(c1)nc(CCCCC(=O)O)n2C1CC1. The molecule has 0 unspecified atom stereocenters. The number of hydrogen-bond acceptors (Lipinski definition) is 3. The van der Waals surface area contributed by atoms with Gasteiger partial charge in [-0.2, -0.15) is 0 Å². The average Bonchev–Trinajstić information content (AvgIpc) is 3.24. The first-order valence-electron chi connectivity index (χ1n) is 7.45. The smallest absolute Gasteiger partial charge is 0.303 e. The number of nitrogens with zero attached hydrogens (tertiary/aromatic N) is 2. The van der Waals surface area contributed by atoms with Crippen LogP contribution in [0.4, 0.5) is 0 Å². The highest BCUT2D eigenvalue weighted by Gasteiger charge is 2.28. The van der Waals surface area contributed by atoms with E-state index in [1.54, 1.807) is 7.11 Å². The standard InChI is InChI=1S/C16H20N2O3/c1-21-12-8-9-14-13(10-12)17-15(18(14)11-6-7-11)4-2-3-5-16(19)20/h8-11H,2-7H2,1H3,(H,19,20). The van der Waals surface area contributed by atoms with E-state index in [4.69, 9.17) is 14.8 Å². The number of aromatic nitrogens is 2. The Morgan fingerprint density at radius 3 is 2.90 bits per heavy atom. The van der Waals surface area contributed by atoms with E-state index in [9.17, 15) is 4.79 Å². The predicted molar refractivity (Wildman–Crippen MR) is 79.7 cm³/mol. The number of ether oxygens (including phenoxy) is 1. The molecule has 0 spiro atoms.